The molecule has 0 bridgehead atoms. The number of benzene rings is 6. The number of rotatable bonds is 7. The number of phenolic OH excluding ortho intramolecular Hbond substituents is 1. The lowest BCUT2D eigenvalue weighted by Crippen LogP contribution is -2.42. The van der Waals surface area contributed by atoms with Gasteiger partial charge in [-0.1, -0.05) is 158 Å². The third-order valence-electron chi connectivity index (χ3n) is 11.5. The van der Waals surface area contributed by atoms with Crippen LogP contribution in [0.2, 0.25) is 0 Å². The molecule has 0 saturated heterocycles. The van der Waals surface area contributed by atoms with Gasteiger partial charge in [0.2, 0.25) is 11.8 Å². The van der Waals surface area contributed by atoms with Crippen LogP contribution in [0.5, 0.6) is 11.5 Å². The molecule has 2 atom stereocenters. The van der Waals surface area contributed by atoms with E-state index in [0.29, 0.717) is 22.6 Å². The molecule has 60 heavy (non-hydrogen) atoms. The molecule has 8 rings (SSSR count). The van der Waals surface area contributed by atoms with Gasteiger partial charge in [0.1, 0.15) is 28.9 Å². The first-order chi connectivity index (χ1) is 28.2. The second-order valence-electron chi connectivity index (χ2n) is 17.0. The van der Waals surface area contributed by atoms with Gasteiger partial charge in [0.15, 0.2) is 6.79 Å². The Kier molecular flexibility index (Phi) is 11.8. The van der Waals surface area contributed by atoms with Crippen LogP contribution in [0.1, 0.15) is 93.5 Å². The second-order valence-corrected chi connectivity index (χ2v) is 17.0. The summed E-state index contributed by atoms with van der Waals surface area (Å²) in [5, 5.41) is 32.9. The molecule has 8 heteroatoms. The number of phenols is 1. The highest BCUT2D eigenvalue weighted by Gasteiger charge is 2.55. The van der Waals surface area contributed by atoms with Gasteiger partial charge in [0.25, 0.3) is 0 Å². The Labute approximate surface area is 353 Å². The Hall–Kier alpha value is -6.69. The normalized spacial score (nSPS) is 17.9. The molecular weight excluding hydrogens is 747 g/mol. The molecule has 0 fully saturated rings. The van der Waals surface area contributed by atoms with Gasteiger partial charge in [-0.05, 0) is 69.5 Å². The first-order valence-corrected chi connectivity index (χ1v) is 19.7. The van der Waals surface area contributed by atoms with Crippen LogP contribution in [0, 0.1) is 11.3 Å². The van der Waals surface area contributed by atoms with Gasteiger partial charge < -0.3 is 20.3 Å². The molecule has 2 amide bonds. The number of ether oxygens (including phenoxy) is 1. The summed E-state index contributed by atoms with van der Waals surface area (Å²) in [5.41, 5.74) is 5.59. The summed E-state index contributed by atoms with van der Waals surface area (Å²) in [7, 11) is 0. The van der Waals surface area contributed by atoms with E-state index in [9.17, 15) is 25.1 Å². The van der Waals surface area contributed by atoms with Crippen molar-refractivity contribution in [1.82, 2.24) is 0 Å². The summed E-state index contributed by atoms with van der Waals surface area (Å²) < 4.78 is 5.64. The highest BCUT2D eigenvalue weighted by Crippen LogP contribution is 2.54. The predicted molar refractivity (Wildman–Crippen MR) is 239 cm³/mol. The van der Waals surface area contributed by atoms with E-state index in [4.69, 9.17) is 4.74 Å². The molecule has 0 radical (unpaired) electrons. The fraction of sp³-hybridized carbons (Fsp3) is 0.250. The van der Waals surface area contributed by atoms with Crippen molar-refractivity contribution in [3.05, 3.63) is 190 Å². The summed E-state index contributed by atoms with van der Waals surface area (Å²) in [5.74, 6) is 0.210. The number of carbonyl (C=O) groups excluding carboxylic acids is 2. The number of aliphatic hydroxyl groups excluding tert-OH is 1. The molecule has 306 valence electrons. The molecule has 2 aliphatic heterocycles. The van der Waals surface area contributed by atoms with Crippen molar-refractivity contribution in [2.45, 2.75) is 70.6 Å². The average Bonchev–Trinajstić information content (AvgIpc) is 3.66. The highest BCUT2D eigenvalue weighted by molar-refractivity contribution is 6.14. The number of aromatic hydroxyl groups is 1. The molecular formula is C52H53N3O5. The van der Waals surface area contributed by atoms with Crippen LogP contribution in [0.15, 0.2) is 146 Å². The van der Waals surface area contributed by atoms with E-state index < -0.39 is 17.6 Å². The average molecular weight is 800 g/mol. The van der Waals surface area contributed by atoms with Crippen molar-refractivity contribution < 1.29 is 24.5 Å². The van der Waals surface area contributed by atoms with Crippen molar-refractivity contribution in [2.75, 3.05) is 23.6 Å². The van der Waals surface area contributed by atoms with E-state index in [0.717, 1.165) is 39.1 Å². The van der Waals surface area contributed by atoms with Gasteiger partial charge in [0, 0.05) is 33.6 Å². The third-order valence-corrected chi connectivity index (χ3v) is 11.5. The number of hydrogen-bond donors (Lipinski definition) is 3. The molecule has 0 spiro atoms. The lowest BCUT2D eigenvalue weighted by Gasteiger charge is -2.33. The molecule has 2 heterocycles. The third kappa shape index (κ3) is 7.09. The fourth-order valence-electron chi connectivity index (χ4n) is 8.51. The Morgan fingerprint density at radius 3 is 1.75 bits per heavy atom. The van der Waals surface area contributed by atoms with E-state index in [1.807, 2.05) is 140 Å². The minimum atomic E-state index is -1.21. The lowest BCUT2D eigenvalue weighted by molar-refractivity contribution is -0.120. The van der Waals surface area contributed by atoms with Gasteiger partial charge in [-0.15, -0.1) is 0 Å². The quantitative estimate of drug-likeness (QED) is 0.109. The molecule has 0 saturated carbocycles. The van der Waals surface area contributed by atoms with Gasteiger partial charge in [-0.2, -0.15) is 5.26 Å². The van der Waals surface area contributed by atoms with Crippen molar-refractivity contribution >= 4 is 23.2 Å². The second kappa shape index (κ2) is 16.5. The summed E-state index contributed by atoms with van der Waals surface area (Å²) in [6.45, 7) is 12.1. The number of nitrogens with zero attached hydrogens (tertiary/aromatic N) is 2. The van der Waals surface area contributed by atoms with E-state index in [1.54, 1.807) is 6.07 Å². The number of fused-ring (bicyclic) bond motifs is 2. The molecule has 8 nitrogen and oxygen atoms in total. The number of nitrogens with one attached hydrogen (secondary N) is 1. The van der Waals surface area contributed by atoms with Gasteiger partial charge >= 0.3 is 0 Å². The van der Waals surface area contributed by atoms with Crippen LogP contribution in [-0.2, 0) is 31.2 Å². The number of anilines is 2. The van der Waals surface area contributed by atoms with E-state index in [2.05, 4.69) is 52.9 Å². The Balaban J connectivity index is 0.000000200. The standard InChI is InChI=1S/C27H26N2O3.C24H23NO2.CH4/c1-26(2,3)20-13-14-24(32-18-30)22(17-20)27(19-9-5-4-6-10-19)21-11-7-8-12-23(21)29(16-15-28)25(27)31;1-23(2,3)17-13-14-21(26)19(15-17)24(16-9-5-4-6-10-16)18-11-7-8-12-20(18)25-22(24)27;/h4-14,17,30H,16,18H2,1-3H3;4-15,26H,1-3H3,(H,25,27);1H4. The first kappa shape index (κ1) is 42.9. The molecule has 0 aromatic heterocycles. The van der Waals surface area contributed by atoms with Gasteiger partial charge in [-0.25, -0.2) is 0 Å². The number of amides is 2. The van der Waals surface area contributed by atoms with Crippen LogP contribution in [0.25, 0.3) is 0 Å². The Bertz CT molecular complexity index is 2570. The number of para-hydroxylation sites is 2. The summed E-state index contributed by atoms with van der Waals surface area (Å²) >= 11 is 0. The van der Waals surface area contributed by atoms with Crippen molar-refractivity contribution in [3.8, 4) is 17.6 Å². The van der Waals surface area contributed by atoms with E-state index >= 15 is 0 Å². The van der Waals surface area contributed by atoms with Crippen LogP contribution < -0.4 is 15.0 Å². The SMILES string of the molecule is C.CC(C)(C)c1ccc(O)c(C2(c3ccccc3)C(=O)Nc3ccccc32)c1.CC(C)(C)c1ccc(OCO)c(C2(c3ccccc3)C(=O)N(CC#N)c3ccccc32)c1. The topological polar surface area (TPSA) is 123 Å². The number of hydrogen-bond acceptors (Lipinski definition) is 6. The zero-order valence-corrected chi connectivity index (χ0v) is 34.3. The maximum Gasteiger partial charge on any atom is 0.247 e. The molecule has 2 aliphatic rings. The van der Waals surface area contributed by atoms with Crippen molar-refractivity contribution in [2.24, 2.45) is 0 Å². The minimum absolute atomic E-state index is 0. The minimum Gasteiger partial charge on any atom is -0.508 e. The van der Waals surface area contributed by atoms with Crippen LogP contribution in [-0.4, -0.2) is 35.4 Å². The fourth-order valence-corrected chi connectivity index (χ4v) is 8.51. The molecule has 6 aromatic rings. The molecule has 0 aliphatic carbocycles. The van der Waals surface area contributed by atoms with E-state index in [1.165, 1.54) is 4.90 Å². The Morgan fingerprint density at radius 1 is 0.650 bits per heavy atom. The van der Waals surface area contributed by atoms with Gasteiger partial charge in [0.05, 0.1) is 6.07 Å². The van der Waals surface area contributed by atoms with Crippen molar-refractivity contribution in [3.63, 3.8) is 0 Å². The summed E-state index contributed by atoms with van der Waals surface area (Å²) in [4.78, 5) is 29.2. The maximum absolute atomic E-state index is 14.2. The number of carbonyl (C=O) groups is 2. The maximum atomic E-state index is 14.2. The smallest absolute Gasteiger partial charge is 0.247 e. The summed E-state index contributed by atoms with van der Waals surface area (Å²) in [6.07, 6.45) is 0. The summed E-state index contributed by atoms with van der Waals surface area (Å²) in [6, 6.07) is 48.1. The van der Waals surface area contributed by atoms with E-state index in [-0.39, 0.29) is 42.4 Å². The molecule has 2 unspecified atom stereocenters. The van der Waals surface area contributed by atoms with Crippen LogP contribution in [0.4, 0.5) is 11.4 Å². The van der Waals surface area contributed by atoms with Crippen LogP contribution in [0.3, 0.4) is 0 Å². The molecule has 3 N–H and O–H groups in total. The monoisotopic (exact) mass is 799 g/mol. The zero-order valence-electron chi connectivity index (χ0n) is 34.3. The highest BCUT2D eigenvalue weighted by atomic mass is 16.6. The van der Waals surface area contributed by atoms with Crippen LogP contribution >= 0.6 is 0 Å². The van der Waals surface area contributed by atoms with Crippen molar-refractivity contribution in [1.29, 1.82) is 5.26 Å². The first-order valence-electron chi connectivity index (χ1n) is 19.7. The lowest BCUT2D eigenvalue weighted by atomic mass is 9.68. The number of nitriles is 1. The predicted octanol–water partition coefficient (Wildman–Crippen LogP) is 10.1. The number of aliphatic hydroxyl groups is 1. The van der Waals surface area contributed by atoms with Gasteiger partial charge in [-0.3, -0.25) is 14.5 Å². The largest absolute Gasteiger partial charge is 0.508 e. The Morgan fingerprint density at radius 2 is 1.17 bits per heavy atom. The molecule has 6 aromatic carbocycles. The zero-order chi connectivity index (χ0) is 42.2.